The fourth-order valence-corrected chi connectivity index (χ4v) is 4.49. The number of benzene rings is 3. The zero-order valence-electron chi connectivity index (χ0n) is 24.5. The molecule has 0 radical (unpaired) electrons. The molecule has 0 aromatic heterocycles. The number of nitrogens with zero attached hydrogens (tertiary/aromatic N) is 3. The summed E-state index contributed by atoms with van der Waals surface area (Å²) in [5, 5.41) is 11.9. The Morgan fingerprint density at radius 3 is 2.26 bits per heavy atom. The fourth-order valence-electron chi connectivity index (χ4n) is 4.49. The van der Waals surface area contributed by atoms with Crippen LogP contribution in [0.4, 0.5) is 10.5 Å². The summed E-state index contributed by atoms with van der Waals surface area (Å²) < 4.78 is 16.8. The Hall–Kier alpha value is -5.28. The number of amides is 2. The number of rotatable bonds is 5. The highest BCUT2D eigenvalue weighted by Gasteiger charge is 2.30. The minimum Gasteiger partial charge on any atom is -0.493 e. The Morgan fingerprint density at radius 1 is 1.02 bits per heavy atom. The molecular formula is C33H32N4O5. The van der Waals surface area contributed by atoms with E-state index >= 15 is 0 Å². The highest BCUT2D eigenvalue weighted by atomic mass is 16.6. The highest BCUT2D eigenvalue weighted by molar-refractivity contribution is 6.22. The Balaban J connectivity index is 1.76. The molecule has 0 atom stereocenters. The van der Waals surface area contributed by atoms with E-state index in [1.54, 1.807) is 59.1 Å². The third-order valence-corrected chi connectivity index (χ3v) is 6.39. The molecule has 0 fully saturated rings. The van der Waals surface area contributed by atoms with Crippen LogP contribution in [0.1, 0.15) is 43.0 Å². The molecule has 4 rings (SSSR count). The first kappa shape index (κ1) is 29.7. The van der Waals surface area contributed by atoms with E-state index in [9.17, 15) is 14.9 Å². The zero-order chi connectivity index (χ0) is 30.4. The number of anilines is 1. The normalized spacial score (nSPS) is 12.5. The largest absolute Gasteiger partial charge is 0.493 e. The van der Waals surface area contributed by atoms with Crippen LogP contribution in [0.25, 0.3) is 11.1 Å². The zero-order valence-corrected chi connectivity index (χ0v) is 24.5. The van der Waals surface area contributed by atoms with Crippen LogP contribution in [0.2, 0.25) is 0 Å². The van der Waals surface area contributed by atoms with E-state index in [0.717, 1.165) is 16.7 Å². The number of nitrogens with one attached hydrogen (secondary N) is 1. The van der Waals surface area contributed by atoms with Crippen molar-refractivity contribution in [3.05, 3.63) is 76.9 Å². The molecule has 0 saturated heterocycles. The van der Waals surface area contributed by atoms with Gasteiger partial charge < -0.3 is 24.4 Å². The van der Waals surface area contributed by atoms with Gasteiger partial charge in [0.05, 0.1) is 49.4 Å². The fraction of sp³-hybridized carbons (Fsp3) is 0.273. The van der Waals surface area contributed by atoms with Gasteiger partial charge in [-0.2, -0.15) is 5.26 Å². The highest BCUT2D eigenvalue weighted by Crippen LogP contribution is 2.48. The van der Waals surface area contributed by atoms with Crippen molar-refractivity contribution in [3.8, 4) is 40.5 Å². The second-order valence-electron chi connectivity index (χ2n) is 10.4. The maximum Gasteiger partial charge on any atom is 0.408 e. The van der Waals surface area contributed by atoms with Gasteiger partial charge in [-0.25, -0.2) is 4.79 Å². The third-order valence-electron chi connectivity index (χ3n) is 6.39. The van der Waals surface area contributed by atoms with E-state index in [0.29, 0.717) is 39.6 Å². The van der Waals surface area contributed by atoms with Gasteiger partial charge >= 0.3 is 6.09 Å². The summed E-state index contributed by atoms with van der Waals surface area (Å²) in [6.07, 6.45) is -0.527. The molecule has 1 N–H and O–H groups in total. The summed E-state index contributed by atoms with van der Waals surface area (Å²) >= 11 is 0. The van der Waals surface area contributed by atoms with Crippen molar-refractivity contribution in [2.45, 2.75) is 26.4 Å². The monoisotopic (exact) mass is 564 g/mol. The molecule has 1 heterocycles. The molecule has 3 aromatic carbocycles. The second kappa shape index (κ2) is 12.5. The number of hydrogen-bond donors (Lipinski definition) is 1. The third kappa shape index (κ3) is 6.54. The van der Waals surface area contributed by atoms with Crippen LogP contribution >= 0.6 is 0 Å². The van der Waals surface area contributed by atoms with E-state index in [1.165, 1.54) is 0 Å². The number of hydrogen-bond acceptors (Lipinski definition) is 7. The Kier molecular flexibility index (Phi) is 8.83. The average molecular weight is 565 g/mol. The number of nitriles is 1. The van der Waals surface area contributed by atoms with Crippen LogP contribution in [-0.4, -0.2) is 57.7 Å². The van der Waals surface area contributed by atoms with E-state index < -0.39 is 11.7 Å². The van der Waals surface area contributed by atoms with Crippen molar-refractivity contribution in [2.75, 3.05) is 39.3 Å². The Bertz CT molecular complexity index is 1630. The van der Waals surface area contributed by atoms with Gasteiger partial charge in [0.15, 0.2) is 11.5 Å². The number of carbonyl (C=O) groups excluding carboxylic acids is 2. The summed E-state index contributed by atoms with van der Waals surface area (Å²) in [5.74, 6) is 6.72. The van der Waals surface area contributed by atoms with Crippen LogP contribution in [-0.2, 0) is 9.53 Å². The summed E-state index contributed by atoms with van der Waals surface area (Å²) in [6.45, 7) is 5.48. The second-order valence-corrected chi connectivity index (χ2v) is 10.4. The van der Waals surface area contributed by atoms with Crippen molar-refractivity contribution in [2.24, 2.45) is 4.99 Å². The number of alkyl carbamates (subject to hydrolysis) is 1. The lowest BCUT2D eigenvalue weighted by atomic mass is 9.92. The molecule has 0 bridgehead atoms. The molecule has 0 spiro atoms. The van der Waals surface area contributed by atoms with Gasteiger partial charge in [-0.05, 0) is 56.7 Å². The van der Waals surface area contributed by atoms with Gasteiger partial charge in [0, 0.05) is 23.7 Å². The molecule has 42 heavy (non-hydrogen) atoms. The van der Waals surface area contributed by atoms with Crippen molar-refractivity contribution >= 4 is 23.4 Å². The van der Waals surface area contributed by atoms with Crippen LogP contribution in [0, 0.1) is 23.2 Å². The van der Waals surface area contributed by atoms with Gasteiger partial charge in [0.2, 0.25) is 5.91 Å². The minimum atomic E-state index is -0.583. The molecule has 0 aliphatic carbocycles. The molecule has 0 unspecified atom stereocenters. The molecular weight excluding hydrogens is 532 g/mol. The topological polar surface area (TPSA) is 113 Å². The number of likely N-dealkylation sites (N-methyl/N-ethyl adjacent to an activating group) is 1. The van der Waals surface area contributed by atoms with Crippen LogP contribution in [0.5, 0.6) is 11.5 Å². The van der Waals surface area contributed by atoms with E-state index in [1.807, 2.05) is 42.5 Å². The molecule has 214 valence electrons. The number of carbonyl (C=O) groups is 2. The van der Waals surface area contributed by atoms with E-state index in [-0.39, 0.29) is 19.0 Å². The van der Waals surface area contributed by atoms with Crippen molar-refractivity contribution in [1.82, 2.24) is 5.32 Å². The SMILES string of the molecule is COc1cc2c(c(-c3ccc(C#CCNC(=O)OC(C)(C)C)cc3)c1OC)N(C)C(=O)CN=C2c1ccc(C#N)cc1. The van der Waals surface area contributed by atoms with Gasteiger partial charge in [-0.3, -0.25) is 9.79 Å². The smallest absolute Gasteiger partial charge is 0.408 e. The summed E-state index contributed by atoms with van der Waals surface area (Å²) in [5.41, 5.74) is 4.81. The van der Waals surface area contributed by atoms with E-state index in [2.05, 4.69) is 28.2 Å². The van der Waals surface area contributed by atoms with Crippen LogP contribution in [0.15, 0.2) is 59.6 Å². The quantitative estimate of drug-likeness (QED) is 0.440. The molecule has 2 amide bonds. The lowest BCUT2D eigenvalue weighted by molar-refractivity contribution is -0.116. The summed E-state index contributed by atoms with van der Waals surface area (Å²) in [4.78, 5) is 31.3. The number of aliphatic imine (C=N–C) groups is 1. The Labute approximate surface area is 245 Å². The standard InChI is InChI=1S/C33H32N4O5/c1-33(2,3)42-32(39)35-17-7-8-21-9-13-23(14-10-21)28-30-25(18-26(40-5)31(28)41-6)29(36-20-27(38)37(30)4)24-15-11-22(19-34)12-16-24/h9-16,18H,17,20H2,1-6H3,(H,35,39). The number of benzodiazepines with no additional fused rings is 1. The first-order valence-corrected chi connectivity index (χ1v) is 13.2. The van der Waals surface area contributed by atoms with Gasteiger partial charge in [0.1, 0.15) is 12.1 Å². The maximum absolute atomic E-state index is 13.2. The number of fused-ring (bicyclic) bond motifs is 1. The predicted octanol–water partition coefficient (Wildman–Crippen LogP) is 4.93. The first-order chi connectivity index (χ1) is 20.1. The molecule has 1 aliphatic heterocycles. The van der Waals surface area contributed by atoms with Crippen molar-refractivity contribution < 1.29 is 23.8 Å². The number of ether oxygens (including phenoxy) is 3. The first-order valence-electron chi connectivity index (χ1n) is 13.2. The lowest BCUT2D eigenvalue weighted by Gasteiger charge is -2.25. The summed E-state index contributed by atoms with van der Waals surface area (Å²) in [7, 11) is 4.83. The van der Waals surface area contributed by atoms with Gasteiger partial charge in [-0.15, -0.1) is 0 Å². The average Bonchev–Trinajstić information content (AvgIpc) is 3.09. The van der Waals surface area contributed by atoms with Crippen molar-refractivity contribution in [3.63, 3.8) is 0 Å². The molecule has 0 saturated carbocycles. The minimum absolute atomic E-state index is 0.0452. The lowest BCUT2D eigenvalue weighted by Crippen LogP contribution is -2.32. The van der Waals surface area contributed by atoms with Crippen LogP contribution in [0.3, 0.4) is 0 Å². The van der Waals surface area contributed by atoms with Gasteiger partial charge in [0.25, 0.3) is 0 Å². The Morgan fingerprint density at radius 2 is 1.67 bits per heavy atom. The molecule has 3 aromatic rings. The van der Waals surface area contributed by atoms with Crippen LogP contribution < -0.4 is 19.7 Å². The maximum atomic E-state index is 13.2. The molecule has 9 nitrogen and oxygen atoms in total. The summed E-state index contributed by atoms with van der Waals surface area (Å²) in [6, 6.07) is 18.5. The van der Waals surface area contributed by atoms with Crippen molar-refractivity contribution in [1.29, 1.82) is 5.26 Å². The predicted molar refractivity (Wildman–Crippen MR) is 161 cm³/mol. The number of methoxy groups -OCH3 is 2. The molecule has 1 aliphatic rings. The molecule has 9 heteroatoms. The van der Waals surface area contributed by atoms with E-state index in [4.69, 9.17) is 14.2 Å². The van der Waals surface area contributed by atoms with Gasteiger partial charge in [-0.1, -0.05) is 36.1 Å².